The van der Waals surface area contributed by atoms with Gasteiger partial charge in [-0.05, 0) is 30.3 Å². The molecule has 0 saturated carbocycles. The third-order valence-electron chi connectivity index (χ3n) is 3.02. The molecule has 0 aliphatic rings. The second-order valence-corrected chi connectivity index (χ2v) is 4.42. The van der Waals surface area contributed by atoms with Crippen molar-refractivity contribution in [1.82, 2.24) is 4.98 Å². The predicted octanol–water partition coefficient (Wildman–Crippen LogP) is 3.62. The zero-order chi connectivity index (χ0) is 14.8. The van der Waals surface area contributed by atoms with E-state index >= 15 is 0 Å². The van der Waals surface area contributed by atoms with Crippen LogP contribution < -0.4 is 10.5 Å². The van der Waals surface area contributed by atoms with E-state index < -0.39 is 5.82 Å². The van der Waals surface area contributed by atoms with E-state index in [1.165, 1.54) is 12.1 Å². The number of benzene rings is 2. The summed E-state index contributed by atoms with van der Waals surface area (Å²) < 4.78 is 19.7. The molecule has 1 heterocycles. The van der Waals surface area contributed by atoms with Gasteiger partial charge in [0.25, 0.3) is 0 Å². The summed E-state index contributed by atoms with van der Waals surface area (Å²) >= 11 is 0. The molecule has 0 radical (unpaired) electrons. The standard InChI is InChI=1S/C16H10FN3O/c17-13-8-14(19)12-5-2-6-20-15(12)16(13)21-11-4-1-3-10(7-11)9-18/h1-8H,19H2. The molecule has 0 aliphatic carbocycles. The molecule has 3 rings (SSSR count). The van der Waals surface area contributed by atoms with Crippen molar-refractivity contribution in [2.45, 2.75) is 0 Å². The van der Waals surface area contributed by atoms with Crippen LogP contribution in [0, 0.1) is 17.1 Å². The minimum absolute atomic E-state index is 0.00473. The molecule has 0 unspecified atom stereocenters. The molecule has 21 heavy (non-hydrogen) atoms. The first-order valence-corrected chi connectivity index (χ1v) is 6.20. The molecule has 4 nitrogen and oxygen atoms in total. The minimum Gasteiger partial charge on any atom is -0.452 e. The number of anilines is 1. The van der Waals surface area contributed by atoms with Gasteiger partial charge < -0.3 is 10.5 Å². The van der Waals surface area contributed by atoms with Crippen molar-refractivity contribution in [3.63, 3.8) is 0 Å². The number of nitrogens with zero attached hydrogens (tertiary/aromatic N) is 2. The van der Waals surface area contributed by atoms with E-state index in [-0.39, 0.29) is 5.75 Å². The number of hydrogen-bond donors (Lipinski definition) is 1. The van der Waals surface area contributed by atoms with Gasteiger partial charge in [-0.15, -0.1) is 0 Å². The maximum absolute atomic E-state index is 14.1. The Bertz CT molecular complexity index is 871. The summed E-state index contributed by atoms with van der Waals surface area (Å²) in [6.45, 7) is 0. The number of rotatable bonds is 2. The third kappa shape index (κ3) is 2.35. The highest BCUT2D eigenvalue weighted by atomic mass is 19.1. The monoisotopic (exact) mass is 279 g/mol. The molecule has 5 heteroatoms. The molecule has 0 saturated heterocycles. The van der Waals surface area contributed by atoms with Crippen LogP contribution in [0.15, 0.2) is 48.7 Å². The SMILES string of the molecule is N#Cc1cccc(Oc2c(F)cc(N)c3cccnc23)c1. The Morgan fingerprint density at radius 2 is 2.05 bits per heavy atom. The fourth-order valence-electron chi connectivity index (χ4n) is 2.06. The second-order valence-electron chi connectivity index (χ2n) is 4.42. The Morgan fingerprint density at radius 1 is 1.19 bits per heavy atom. The Labute approximate surface area is 120 Å². The van der Waals surface area contributed by atoms with Crippen molar-refractivity contribution in [3.05, 3.63) is 60.0 Å². The Morgan fingerprint density at radius 3 is 2.86 bits per heavy atom. The summed E-state index contributed by atoms with van der Waals surface area (Å²) in [7, 11) is 0. The molecule has 0 bridgehead atoms. The summed E-state index contributed by atoms with van der Waals surface area (Å²) in [4.78, 5) is 4.13. The van der Waals surface area contributed by atoms with Gasteiger partial charge in [0.15, 0.2) is 11.6 Å². The molecule has 1 aromatic heterocycles. The van der Waals surface area contributed by atoms with Crippen molar-refractivity contribution in [1.29, 1.82) is 5.26 Å². The van der Waals surface area contributed by atoms with Gasteiger partial charge in [-0.3, -0.25) is 4.98 Å². The molecule has 0 atom stereocenters. The van der Waals surface area contributed by atoms with E-state index in [9.17, 15) is 4.39 Å². The zero-order valence-electron chi connectivity index (χ0n) is 10.9. The summed E-state index contributed by atoms with van der Waals surface area (Å²) in [6.07, 6.45) is 1.54. The number of hydrogen-bond acceptors (Lipinski definition) is 4. The van der Waals surface area contributed by atoms with Crippen molar-refractivity contribution in [2.24, 2.45) is 0 Å². The van der Waals surface area contributed by atoms with Crippen LogP contribution in [-0.2, 0) is 0 Å². The topological polar surface area (TPSA) is 71.9 Å². The molecule has 2 aromatic carbocycles. The molecule has 102 valence electrons. The van der Waals surface area contributed by atoms with E-state index in [4.69, 9.17) is 15.7 Å². The second kappa shape index (κ2) is 5.10. The third-order valence-corrected chi connectivity index (χ3v) is 3.02. The maximum Gasteiger partial charge on any atom is 0.189 e. The molecular weight excluding hydrogens is 269 g/mol. The summed E-state index contributed by atoms with van der Waals surface area (Å²) in [5.41, 5.74) is 6.86. The molecule has 0 fully saturated rings. The lowest BCUT2D eigenvalue weighted by Gasteiger charge is -2.11. The first kappa shape index (κ1) is 12.9. The first-order valence-electron chi connectivity index (χ1n) is 6.20. The Kier molecular flexibility index (Phi) is 3.13. The summed E-state index contributed by atoms with van der Waals surface area (Å²) in [6, 6.07) is 13.2. The number of halogens is 1. The smallest absolute Gasteiger partial charge is 0.189 e. The van der Waals surface area contributed by atoms with E-state index in [1.54, 1.807) is 36.5 Å². The number of nitriles is 1. The fourth-order valence-corrected chi connectivity index (χ4v) is 2.06. The van der Waals surface area contributed by atoms with E-state index in [1.807, 2.05) is 6.07 Å². The van der Waals surface area contributed by atoms with Gasteiger partial charge in [-0.2, -0.15) is 5.26 Å². The highest BCUT2D eigenvalue weighted by molar-refractivity contribution is 5.94. The van der Waals surface area contributed by atoms with Crippen molar-refractivity contribution >= 4 is 16.6 Å². The lowest BCUT2D eigenvalue weighted by molar-refractivity contribution is 0.447. The van der Waals surface area contributed by atoms with Crippen LogP contribution >= 0.6 is 0 Å². The van der Waals surface area contributed by atoms with E-state index in [0.29, 0.717) is 27.9 Å². The summed E-state index contributed by atoms with van der Waals surface area (Å²) in [5, 5.41) is 9.50. The highest BCUT2D eigenvalue weighted by Crippen LogP contribution is 2.34. The molecule has 2 N–H and O–H groups in total. The van der Waals surface area contributed by atoms with Gasteiger partial charge in [0.05, 0.1) is 11.6 Å². The number of pyridine rings is 1. The lowest BCUT2D eigenvalue weighted by atomic mass is 10.1. The highest BCUT2D eigenvalue weighted by Gasteiger charge is 2.14. The average molecular weight is 279 g/mol. The van der Waals surface area contributed by atoms with Crippen LogP contribution in [-0.4, -0.2) is 4.98 Å². The molecular formula is C16H10FN3O. The van der Waals surface area contributed by atoms with Crippen LogP contribution in [0.25, 0.3) is 10.9 Å². The zero-order valence-corrected chi connectivity index (χ0v) is 10.9. The van der Waals surface area contributed by atoms with Gasteiger partial charge in [-0.25, -0.2) is 4.39 Å². The number of aromatic nitrogens is 1. The van der Waals surface area contributed by atoms with Gasteiger partial charge in [0.2, 0.25) is 0 Å². The molecule has 0 amide bonds. The van der Waals surface area contributed by atoms with Crippen molar-refractivity contribution < 1.29 is 9.13 Å². The van der Waals surface area contributed by atoms with Gasteiger partial charge >= 0.3 is 0 Å². The van der Waals surface area contributed by atoms with Crippen LogP contribution in [0.1, 0.15) is 5.56 Å². The maximum atomic E-state index is 14.1. The van der Waals surface area contributed by atoms with Gasteiger partial charge in [0, 0.05) is 23.3 Å². The predicted molar refractivity (Wildman–Crippen MR) is 77.3 cm³/mol. The molecule has 3 aromatic rings. The number of nitrogen functional groups attached to an aromatic ring is 1. The minimum atomic E-state index is -0.596. The van der Waals surface area contributed by atoms with Gasteiger partial charge in [0.1, 0.15) is 11.3 Å². The van der Waals surface area contributed by atoms with E-state index in [0.717, 1.165) is 0 Å². The van der Waals surface area contributed by atoms with Crippen LogP contribution in [0.2, 0.25) is 0 Å². The first-order chi connectivity index (χ1) is 10.2. The molecule has 0 aliphatic heterocycles. The van der Waals surface area contributed by atoms with Crippen molar-refractivity contribution in [3.8, 4) is 17.6 Å². The Hall–Kier alpha value is -3.13. The molecule has 0 spiro atoms. The summed E-state index contributed by atoms with van der Waals surface area (Å²) in [5.74, 6) is -0.236. The Balaban J connectivity index is 2.14. The largest absolute Gasteiger partial charge is 0.452 e. The normalized spacial score (nSPS) is 10.3. The van der Waals surface area contributed by atoms with Crippen molar-refractivity contribution in [2.75, 3.05) is 5.73 Å². The number of fused-ring (bicyclic) bond motifs is 1. The van der Waals surface area contributed by atoms with E-state index in [2.05, 4.69) is 4.98 Å². The van der Waals surface area contributed by atoms with Crippen LogP contribution in [0.4, 0.5) is 10.1 Å². The number of ether oxygens (including phenoxy) is 1. The average Bonchev–Trinajstić information content (AvgIpc) is 2.51. The lowest BCUT2D eigenvalue weighted by Crippen LogP contribution is -1.96. The van der Waals surface area contributed by atoms with Crippen LogP contribution in [0.5, 0.6) is 11.5 Å². The fraction of sp³-hybridized carbons (Fsp3) is 0. The quantitative estimate of drug-likeness (QED) is 0.727. The number of nitrogens with two attached hydrogens (primary N) is 1. The van der Waals surface area contributed by atoms with Gasteiger partial charge in [-0.1, -0.05) is 6.07 Å². The van der Waals surface area contributed by atoms with Crippen LogP contribution in [0.3, 0.4) is 0 Å².